The zero-order valence-corrected chi connectivity index (χ0v) is 15.2. The molecule has 0 spiro atoms. The van der Waals surface area contributed by atoms with E-state index in [4.69, 9.17) is 4.42 Å². The van der Waals surface area contributed by atoms with Crippen LogP contribution < -0.4 is 4.72 Å². The van der Waals surface area contributed by atoms with Crippen molar-refractivity contribution in [2.75, 3.05) is 13.1 Å². The summed E-state index contributed by atoms with van der Waals surface area (Å²) in [5, 5.41) is 0. The van der Waals surface area contributed by atoms with E-state index < -0.39 is 10.0 Å². The fourth-order valence-electron chi connectivity index (χ4n) is 2.80. The summed E-state index contributed by atoms with van der Waals surface area (Å²) in [6, 6.07) is 11.6. The topological polar surface area (TPSA) is 79.6 Å². The first-order valence-corrected chi connectivity index (χ1v) is 10.1. The van der Waals surface area contributed by atoms with Crippen molar-refractivity contribution in [1.82, 2.24) is 9.62 Å². The Labute approximate surface area is 153 Å². The number of benzene rings is 1. The SMILES string of the molecule is O=C(/C=C/c1ccc(CNS(=O)(=O)c2ccccc2)o1)N1CCCCC1. The summed E-state index contributed by atoms with van der Waals surface area (Å²) in [7, 11) is -3.58. The molecule has 0 saturated carbocycles. The van der Waals surface area contributed by atoms with Gasteiger partial charge in [0.25, 0.3) is 0 Å². The van der Waals surface area contributed by atoms with Crippen LogP contribution in [-0.4, -0.2) is 32.3 Å². The Morgan fingerprint density at radius 2 is 1.81 bits per heavy atom. The zero-order chi connectivity index (χ0) is 18.4. The monoisotopic (exact) mass is 374 g/mol. The molecule has 2 heterocycles. The smallest absolute Gasteiger partial charge is 0.246 e. The van der Waals surface area contributed by atoms with E-state index in [1.807, 2.05) is 4.90 Å². The summed E-state index contributed by atoms with van der Waals surface area (Å²) < 4.78 is 32.4. The molecule has 1 saturated heterocycles. The standard InChI is InChI=1S/C19H22N2O4S/c22-19(21-13-5-2-6-14-21)12-11-16-9-10-17(25-16)15-20-26(23,24)18-7-3-1-4-8-18/h1,3-4,7-12,20H,2,5-6,13-15H2/b12-11+. The number of furan rings is 1. The van der Waals surface area contributed by atoms with Crippen molar-refractivity contribution in [2.45, 2.75) is 30.7 Å². The molecular formula is C19H22N2O4S. The quantitative estimate of drug-likeness (QED) is 0.789. The Bertz CT molecular complexity index is 866. The van der Waals surface area contributed by atoms with E-state index in [2.05, 4.69) is 4.72 Å². The van der Waals surface area contributed by atoms with Crippen LogP contribution in [0.4, 0.5) is 0 Å². The Hall–Kier alpha value is -2.38. The van der Waals surface area contributed by atoms with Crippen LogP contribution in [0.2, 0.25) is 0 Å². The van der Waals surface area contributed by atoms with Crippen LogP contribution in [0.3, 0.4) is 0 Å². The van der Waals surface area contributed by atoms with Gasteiger partial charge in [0.05, 0.1) is 11.4 Å². The number of nitrogens with one attached hydrogen (secondary N) is 1. The van der Waals surface area contributed by atoms with Gasteiger partial charge in [-0.2, -0.15) is 0 Å². The Kier molecular flexibility index (Phi) is 5.90. The van der Waals surface area contributed by atoms with Crippen LogP contribution in [0.5, 0.6) is 0 Å². The van der Waals surface area contributed by atoms with E-state index in [1.165, 1.54) is 24.6 Å². The lowest BCUT2D eigenvalue weighted by Crippen LogP contribution is -2.34. The second-order valence-corrected chi connectivity index (χ2v) is 7.93. The Morgan fingerprint density at radius 1 is 1.08 bits per heavy atom. The van der Waals surface area contributed by atoms with Gasteiger partial charge < -0.3 is 9.32 Å². The number of sulfonamides is 1. The fraction of sp³-hybridized carbons (Fsp3) is 0.316. The zero-order valence-electron chi connectivity index (χ0n) is 14.4. The fourth-order valence-corrected chi connectivity index (χ4v) is 3.82. The summed E-state index contributed by atoms with van der Waals surface area (Å²) in [6.45, 7) is 1.65. The van der Waals surface area contributed by atoms with Crippen LogP contribution in [-0.2, 0) is 21.4 Å². The number of likely N-dealkylation sites (tertiary alicyclic amines) is 1. The van der Waals surface area contributed by atoms with E-state index in [1.54, 1.807) is 36.4 Å². The van der Waals surface area contributed by atoms with Gasteiger partial charge in [0, 0.05) is 19.2 Å². The van der Waals surface area contributed by atoms with E-state index in [0.29, 0.717) is 11.5 Å². The molecule has 26 heavy (non-hydrogen) atoms. The van der Waals surface area contributed by atoms with Gasteiger partial charge in [-0.1, -0.05) is 18.2 Å². The highest BCUT2D eigenvalue weighted by Crippen LogP contribution is 2.13. The molecule has 138 valence electrons. The molecule has 1 fully saturated rings. The van der Waals surface area contributed by atoms with Crippen LogP contribution in [0.1, 0.15) is 30.8 Å². The highest BCUT2D eigenvalue weighted by atomic mass is 32.2. The molecule has 0 unspecified atom stereocenters. The van der Waals surface area contributed by atoms with Crippen molar-refractivity contribution in [1.29, 1.82) is 0 Å². The lowest BCUT2D eigenvalue weighted by atomic mass is 10.1. The number of hydrogen-bond acceptors (Lipinski definition) is 4. The van der Waals surface area contributed by atoms with Crippen molar-refractivity contribution in [3.63, 3.8) is 0 Å². The van der Waals surface area contributed by atoms with E-state index in [-0.39, 0.29) is 17.3 Å². The number of hydrogen-bond donors (Lipinski definition) is 1. The minimum Gasteiger partial charge on any atom is -0.460 e. The lowest BCUT2D eigenvalue weighted by molar-refractivity contribution is -0.126. The molecule has 1 aliphatic rings. The highest BCUT2D eigenvalue weighted by molar-refractivity contribution is 7.89. The number of piperidine rings is 1. The van der Waals surface area contributed by atoms with Crippen molar-refractivity contribution in [2.24, 2.45) is 0 Å². The second kappa shape index (κ2) is 8.33. The average molecular weight is 374 g/mol. The molecule has 3 rings (SSSR count). The second-order valence-electron chi connectivity index (χ2n) is 6.16. The first kappa shape index (κ1) is 18.4. The summed E-state index contributed by atoms with van der Waals surface area (Å²) in [5.41, 5.74) is 0. The molecule has 6 nitrogen and oxygen atoms in total. The van der Waals surface area contributed by atoms with E-state index >= 15 is 0 Å². The molecule has 1 aromatic heterocycles. The molecule has 1 aliphatic heterocycles. The van der Waals surface area contributed by atoms with E-state index in [0.717, 1.165) is 25.9 Å². The van der Waals surface area contributed by atoms with Gasteiger partial charge in [0.15, 0.2) is 0 Å². The van der Waals surface area contributed by atoms with Gasteiger partial charge >= 0.3 is 0 Å². The minimum absolute atomic E-state index is 0.0209. The third-order valence-electron chi connectivity index (χ3n) is 4.23. The molecule has 2 aromatic rings. The molecule has 1 aromatic carbocycles. The van der Waals surface area contributed by atoms with Crippen molar-refractivity contribution >= 4 is 22.0 Å². The van der Waals surface area contributed by atoms with Crippen LogP contribution in [0.25, 0.3) is 6.08 Å². The van der Waals surface area contributed by atoms with E-state index in [9.17, 15) is 13.2 Å². The number of nitrogens with zero attached hydrogens (tertiary/aromatic N) is 1. The van der Waals surface area contributed by atoms with Crippen LogP contribution in [0.15, 0.2) is 57.9 Å². The highest BCUT2D eigenvalue weighted by Gasteiger charge is 2.15. The maximum absolute atomic E-state index is 12.2. The number of rotatable bonds is 6. The summed E-state index contributed by atoms with van der Waals surface area (Å²) >= 11 is 0. The maximum atomic E-state index is 12.2. The molecule has 7 heteroatoms. The average Bonchev–Trinajstić information content (AvgIpc) is 3.14. The number of amides is 1. The first-order valence-electron chi connectivity index (χ1n) is 8.65. The summed E-state index contributed by atoms with van der Waals surface area (Å²) in [5.74, 6) is 0.978. The summed E-state index contributed by atoms with van der Waals surface area (Å²) in [6.07, 6.45) is 6.39. The van der Waals surface area contributed by atoms with Gasteiger partial charge in [-0.25, -0.2) is 13.1 Å². The van der Waals surface area contributed by atoms with Crippen LogP contribution in [0, 0.1) is 0 Å². The van der Waals surface area contributed by atoms with Crippen molar-refractivity contribution in [3.05, 3.63) is 60.1 Å². The third-order valence-corrected chi connectivity index (χ3v) is 5.65. The molecule has 0 atom stereocenters. The van der Waals surface area contributed by atoms with Gasteiger partial charge in [-0.05, 0) is 49.6 Å². The molecular weight excluding hydrogens is 352 g/mol. The largest absolute Gasteiger partial charge is 0.460 e. The first-order chi connectivity index (χ1) is 12.5. The molecule has 1 N–H and O–H groups in total. The minimum atomic E-state index is -3.58. The molecule has 0 radical (unpaired) electrons. The Morgan fingerprint density at radius 3 is 2.54 bits per heavy atom. The third kappa shape index (κ3) is 4.83. The van der Waals surface area contributed by atoms with Gasteiger partial charge in [0.1, 0.15) is 11.5 Å². The molecule has 1 amide bonds. The number of carbonyl (C=O) groups excluding carboxylic acids is 1. The predicted octanol–water partition coefficient (Wildman–Crippen LogP) is 2.78. The predicted molar refractivity (Wildman–Crippen MR) is 98.6 cm³/mol. The Balaban J connectivity index is 1.56. The van der Waals surface area contributed by atoms with Gasteiger partial charge in [-0.15, -0.1) is 0 Å². The lowest BCUT2D eigenvalue weighted by Gasteiger charge is -2.25. The maximum Gasteiger partial charge on any atom is 0.246 e. The van der Waals surface area contributed by atoms with Crippen molar-refractivity contribution < 1.29 is 17.6 Å². The van der Waals surface area contributed by atoms with Crippen LogP contribution >= 0.6 is 0 Å². The van der Waals surface area contributed by atoms with Gasteiger partial charge in [-0.3, -0.25) is 4.79 Å². The normalized spacial score (nSPS) is 15.5. The number of carbonyl (C=O) groups is 1. The van der Waals surface area contributed by atoms with Crippen molar-refractivity contribution in [3.8, 4) is 0 Å². The molecule has 0 bridgehead atoms. The molecule has 0 aliphatic carbocycles. The van der Waals surface area contributed by atoms with Gasteiger partial charge in [0.2, 0.25) is 15.9 Å². The summed E-state index contributed by atoms with van der Waals surface area (Å²) in [4.78, 5) is 14.1.